The second kappa shape index (κ2) is 3.98. The molecular weight excluding hydrogens is 228 g/mol. The minimum Gasteiger partial charge on any atom is -0.478 e. The van der Waals surface area contributed by atoms with E-state index >= 15 is 0 Å². The Morgan fingerprint density at radius 3 is 2.81 bits per heavy atom. The Hall–Kier alpha value is -1.81. The molecule has 0 aliphatic carbocycles. The Bertz CT molecular complexity index is 569. The van der Waals surface area contributed by atoms with Gasteiger partial charge in [0.1, 0.15) is 0 Å². The third-order valence-electron chi connectivity index (χ3n) is 2.29. The fourth-order valence-electron chi connectivity index (χ4n) is 1.46. The number of anilines is 1. The largest absolute Gasteiger partial charge is 0.478 e. The van der Waals surface area contributed by atoms with Gasteiger partial charge in [-0.05, 0) is 18.2 Å². The maximum atomic E-state index is 10.8. The number of rotatable bonds is 2. The van der Waals surface area contributed by atoms with Gasteiger partial charge in [-0.3, -0.25) is 4.98 Å². The number of carbonyl (C=O) groups is 1. The molecule has 2 N–H and O–H groups in total. The van der Waals surface area contributed by atoms with Crippen LogP contribution in [0.5, 0.6) is 0 Å². The molecule has 0 fully saturated rings. The van der Waals surface area contributed by atoms with Crippen molar-refractivity contribution in [3.8, 4) is 0 Å². The molecule has 5 heteroatoms. The molecule has 0 aliphatic heterocycles. The summed E-state index contributed by atoms with van der Waals surface area (Å²) in [4.78, 5) is 14.8. The van der Waals surface area contributed by atoms with Crippen molar-refractivity contribution >= 4 is 34.2 Å². The van der Waals surface area contributed by atoms with Gasteiger partial charge in [0.2, 0.25) is 0 Å². The van der Waals surface area contributed by atoms with E-state index in [0.29, 0.717) is 15.9 Å². The van der Waals surface area contributed by atoms with Crippen LogP contribution in [0.1, 0.15) is 10.4 Å². The maximum Gasteiger partial charge on any atom is 0.337 e. The van der Waals surface area contributed by atoms with Gasteiger partial charge in [-0.2, -0.15) is 0 Å². The second-order valence-electron chi connectivity index (χ2n) is 3.30. The molecule has 4 nitrogen and oxygen atoms in total. The van der Waals surface area contributed by atoms with Gasteiger partial charge in [-0.25, -0.2) is 4.79 Å². The van der Waals surface area contributed by atoms with Crippen LogP contribution < -0.4 is 5.32 Å². The average molecular weight is 237 g/mol. The van der Waals surface area contributed by atoms with E-state index in [2.05, 4.69) is 10.3 Å². The fourth-order valence-corrected chi connectivity index (χ4v) is 1.72. The van der Waals surface area contributed by atoms with Crippen molar-refractivity contribution in [3.05, 3.63) is 35.0 Å². The van der Waals surface area contributed by atoms with Crippen LogP contribution in [-0.2, 0) is 0 Å². The van der Waals surface area contributed by atoms with E-state index in [1.165, 1.54) is 6.20 Å². The minimum absolute atomic E-state index is 0.153. The number of nitrogens with zero attached hydrogens (tertiary/aromatic N) is 1. The van der Waals surface area contributed by atoms with Crippen molar-refractivity contribution in [2.24, 2.45) is 0 Å². The van der Waals surface area contributed by atoms with E-state index in [1.54, 1.807) is 25.2 Å². The number of hydrogen-bond acceptors (Lipinski definition) is 3. The molecule has 1 heterocycles. The zero-order chi connectivity index (χ0) is 11.7. The van der Waals surface area contributed by atoms with Crippen LogP contribution >= 0.6 is 11.6 Å². The molecule has 0 amide bonds. The lowest BCUT2D eigenvalue weighted by Crippen LogP contribution is -1.97. The second-order valence-corrected chi connectivity index (χ2v) is 3.71. The van der Waals surface area contributed by atoms with Crippen LogP contribution in [0.25, 0.3) is 10.9 Å². The molecule has 16 heavy (non-hydrogen) atoms. The van der Waals surface area contributed by atoms with Crippen molar-refractivity contribution in [2.45, 2.75) is 0 Å². The first-order valence-electron chi connectivity index (χ1n) is 4.62. The molecule has 1 aromatic carbocycles. The van der Waals surface area contributed by atoms with Gasteiger partial charge in [0.25, 0.3) is 0 Å². The summed E-state index contributed by atoms with van der Waals surface area (Å²) in [6.45, 7) is 0. The highest BCUT2D eigenvalue weighted by atomic mass is 35.5. The molecule has 0 spiro atoms. The number of carboxylic acid groups (broad SMARTS) is 1. The molecule has 0 saturated heterocycles. The first-order chi connectivity index (χ1) is 7.61. The maximum absolute atomic E-state index is 10.8. The lowest BCUT2D eigenvalue weighted by atomic mass is 10.1. The topological polar surface area (TPSA) is 62.2 Å². The predicted octanol–water partition coefficient (Wildman–Crippen LogP) is 2.63. The Balaban J connectivity index is 2.66. The summed E-state index contributed by atoms with van der Waals surface area (Å²) >= 11 is 6.00. The van der Waals surface area contributed by atoms with Crippen LogP contribution in [0.4, 0.5) is 5.69 Å². The van der Waals surface area contributed by atoms with E-state index in [0.717, 1.165) is 5.69 Å². The standard InChI is InChI=1S/C11H9ClN2O2/c1-13-10-4-9-6(3-8(10)12)2-7(5-14-9)11(15)16/h2-5,13H,1H3,(H,15,16). The van der Waals surface area contributed by atoms with Gasteiger partial charge in [0.05, 0.1) is 21.8 Å². The number of aromatic carboxylic acids is 1. The highest BCUT2D eigenvalue weighted by Gasteiger charge is 2.07. The lowest BCUT2D eigenvalue weighted by molar-refractivity contribution is 0.0696. The minimum atomic E-state index is -0.997. The highest BCUT2D eigenvalue weighted by Crippen LogP contribution is 2.27. The number of fused-ring (bicyclic) bond motifs is 1. The third kappa shape index (κ3) is 1.79. The quantitative estimate of drug-likeness (QED) is 0.842. The zero-order valence-corrected chi connectivity index (χ0v) is 9.25. The van der Waals surface area contributed by atoms with E-state index in [1.807, 2.05) is 0 Å². The average Bonchev–Trinajstić information content (AvgIpc) is 2.27. The van der Waals surface area contributed by atoms with Crippen LogP contribution in [0, 0.1) is 0 Å². The first-order valence-corrected chi connectivity index (χ1v) is 5.00. The van der Waals surface area contributed by atoms with E-state index in [-0.39, 0.29) is 5.56 Å². The van der Waals surface area contributed by atoms with Crippen molar-refractivity contribution in [3.63, 3.8) is 0 Å². The number of carboxylic acids is 1. The summed E-state index contributed by atoms with van der Waals surface area (Å²) in [6.07, 6.45) is 1.33. The number of aromatic nitrogens is 1. The van der Waals surface area contributed by atoms with E-state index in [9.17, 15) is 4.79 Å². The van der Waals surface area contributed by atoms with E-state index < -0.39 is 5.97 Å². The van der Waals surface area contributed by atoms with Crippen LogP contribution in [-0.4, -0.2) is 23.1 Å². The summed E-state index contributed by atoms with van der Waals surface area (Å²) in [5.74, 6) is -0.997. The van der Waals surface area contributed by atoms with Gasteiger partial charge < -0.3 is 10.4 Å². The highest BCUT2D eigenvalue weighted by molar-refractivity contribution is 6.34. The van der Waals surface area contributed by atoms with Crippen LogP contribution in [0.15, 0.2) is 24.4 Å². The molecule has 0 aliphatic rings. The Morgan fingerprint density at radius 1 is 1.44 bits per heavy atom. The third-order valence-corrected chi connectivity index (χ3v) is 2.60. The summed E-state index contributed by atoms with van der Waals surface area (Å²) < 4.78 is 0. The van der Waals surface area contributed by atoms with E-state index in [4.69, 9.17) is 16.7 Å². The molecule has 0 atom stereocenters. The molecular formula is C11H9ClN2O2. The fraction of sp³-hybridized carbons (Fsp3) is 0.0909. The molecule has 1 aromatic heterocycles. The molecule has 0 radical (unpaired) electrons. The smallest absolute Gasteiger partial charge is 0.337 e. The van der Waals surface area contributed by atoms with Gasteiger partial charge in [-0.1, -0.05) is 11.6 Å². The number of pyridine rings is 1. The molecule has 0 unspecified atom stereocenters. The monoisotopic (exact) mass is 236 g/mol. The first kappa shape index (κ1) is 10.7. The molecule has 0 bridgehead atoms. The van der Waals surface area contributed by atoms with Gasteiger partial charge in [0.15, 0.2) is 0 Å². The van der Waals surface area contributed by atoms with Gasteiger partial charge >= 0.3 is 5.97 Å². The number of nitrogens with one attached hydrogen (secondary N) is 1. The Morgan fingerprint density at radius 2 is 2.19 bits per heavy atom. The van der Waals surface area contributed by atoms with Gasteiger partial charge in [-0.15, -0.1) is 0 Å². The molecule has 2 aromatic rings. The van der Waals surface area contributed by atoms with Crippen LogP contribution in [0.2, 0.25) is 5.02 Å². The number of hydrogen-bond donors (Lipinski definition) is 2. The van der Waals surface area contributed by atoms with Crippen molar-refractivity contribution in [1.82, 2.24) is 4.98 Å². The molecule has 2 rings (SSSR count). The zero-order valence-electron chi connectivity index (χ0n) is 8.49. The molecule has 82 valence electrons. The summed E-state index contributed by atoms with van der Waals surface area (Å²) in [7, 11) is 1.76. The SMILES string of the molecule is CNc1cc2ncc(C(=O)O)cc2cc1Cl. The number of benzene rings is 1. The summed E-state index contributed by atoms with van der Waals surface area (Å²) in [6, 6.07) is 5.03. The van der Waals surface area contributed by atoms with Crippen molar-refractivity contribution < 1.29 is 9.90 Å². The van der Waals surface area contributed by atoms with Crippen LogP contribution in [0.3, 0.4) is 0 Å². The van der Waals surface area contributed by atoms with Gasteiger partial charge in [0, 0.05) is 18.6 Å². The Kier molecular flexibility index (Phi) is 2.66. The van der Waals surface area contributed by atoms with Crippen molar-refractivity contribution in [2.75, 3.05) is 12.4 Å². The Labute approximate surface area is 96.9 Å². The summed E-state index contributed by atoms with van der Waals surface area (Å²) in [5, 5.41) is 13.0. The predicted molar refractivity (Wildman–Crippen MR) is 63.3 cm³/mol. The summed E-state index contributed by atoms with van der Waals surface area (Å²) in [5.41, 5.74) is 1.63. The normalized spacial score (nSPS) is 10.4. The lowest BCUT2D eigenvalue weighted by Gasteiger charge is -2.05. The number of halogens is 1. The van der Waals surface area contributed by atoms with Crippen molar-refractivity contribution in [1.29, 1.82) is 0 Å². The molecule has 0 saturated carbocycles.